The predicted octanol–water partition coefficient (Wildman–Crippen LogP) is 3.05. The highest BCUT2D eigenvalue weighted by molar-refractivity contribution is 5.66. The Hall–Kier alpha value is -2.23. The summed E-state index contributed by atoms with van der Waals surface area (Å²) in [4.78, 5) is 12.5. The van der Waals surface area contributed by atoms with Crippen molar-refractivity contribution in [1.82, 2.24) is 15.0 Å². The fourth-order valence-corrected chi connectivity index (χ4v) is 1.67. The molecular weight excluding hydrogens is 238 g/mol. The van der Waals surface area contributed by atoms with Gasteiger partial charge in [0.25, 0.3) is 0 Å². The summed E-state index contributed by atoms with van der Waals surface area (Å²) in [7, 11) is 0. The molecule has 0 saturated carbocycles. The number of nitrogens with zero attached hydrogens (tertiary/aromatic N) is 3. The SMILES string of the molecule is CC(C)(C)c1nc(C=Cc2cccnc2)ncc1O. The zero-order valence-corrected chi connectivity index (χ0v) is 11.3. The molecule has 0 aliphatic rings. The van der Waals surface area contributed by atoms with Crippen LogP contribution in [0.2, 0.25) is 0 Å². The van der Waals surface area contributed by atoms with Gasteiger partial charge in [-0.3, -0.25) is 4.98 Å². The molecule has 0 bridgehead atoms. The van der Waals surface area contributed by atoms with Gasteiger partial charge in [-0.1, -0.05) is 26.8 Å². The van der Waals surface area contributed by atoms with Crippen LogP contribution in [-0.2, 0) is 5.41 Å². The number of aromatic hydroxyl groups is 1. The molecule has 2 aromatic rings. The highest BCUT2D eigenvalue weighted by Gasteiger charge is 2.20. The van der Waals surface area contributed by atoms with Gasteiger partial charge < -0.3 is 5.11 Å². The molecular formula is C15H17N3O. The second-order valence-corrected chi connectivity index (χ2v) is 5.33. The van der Waals surface area contributed by atoms with E-state index in [2.05, 4.69) is 15.0 Å². The third-order valence-electron chi connectivity index (χ3n) is 2.61. The molecule has 0 atom stereocenters. The lowest BCUT2D eigenvalue weighted by molar-refractivity contribution is 0.434. The Bertz CT molecular complexity index is 586. The average Bonchev–Trinajstić information content (AvgIpc) is 2.37. The zero-order valence-electron chi connectivity index (χ0n) is 11.3. The first-order valence-corrected chi connectivity index (χ1v) is 6.11. The summed E-state index contributed by atoms with van der Waals surface area (Å²) in [5.74, 6) is 0.706. The van der Waals surface area contributed by atoms with Crippen molar-refractivity contribution < 1.29 is 5.11 Å². The fourth-order valence-electron chi connectivity index (χ4n) is 1.67. The number of rotatable bonds is 2. The van der Waals surface area contributed by atoms with Crippen LogP contribution in [0.1, 0.15) is 37.9 Å². The minimum absolute atomic E-state index is 0.131. The first-order chi connectivity index (χ1) is 8.97. The Kier molecular flexibility index (Phi) is 3.60. The molecule has 0 aliphatic heterocycles. The Balaban J connectivity index is 2.30. The third kappa shape index (κ3) is 3.37. The van der Waals surface area contributed by atoms with Crippen LogP contribution in [-0.4, -0.2) is 20.1 Å². The van der Waals surface area contributed by atoms with Gasteiger partial charge in [0.05, 0.1) is 11.9 Å². The second-order valence-electron chi connectivity index (χ2n) is 5.33. The van der Waals surface area contributed by atoms with Gasteiger partial charge >= 0.3 is 0 Å². The smallest absolute Gasteiger partial charge is 0.156 e. The molecule has 4 heteroatoms. The maximum absolute atomic E-state index is 9.80. The molecule has 2 heterocycles. The third-order valence-corrected chi connectivity index (χ3v) is 2.61. The van der Waals surface area contributed by atoms with Gasteiger partial charge in [-0.15, -0.1) is 0 Å². The van der Waals surface area contributed by atoms with Crippen molar-refractivity contribution in [2.24, 2.45) is 0 Å². The molecule has 0 radical (unpaired) electrons. The van der Waals surface area contributed by atoms with E-state index in [4.69, 9.17) is 0 Å². The van der Waals surface area contributed by atoms with Crippen molar-refractivity contribution in [1.29, 1.82) is 0 Å². The molecule has 0 amide bonds. The van der Waals surface area contributed by atoms with Crippen molar-refractivity contribution in [3.63, 3.8) is 0 Å². The Morgan fingerprint density at radius 1 is 1.16 bits per heavy atom. The summed E-state index contributed by atoms with van der Waals surface area (Å²) in [5, 5.41) is 9.80. The lowest BCUT2D eigenvalue weighted by Crippen LogP contribution is -2.14. The van der Waals surface area contributed by atoms with Crippen LogP contribution in [0, 0.1) is 0 Å². The maximum Gasteiger partial charge on any atom is 0.156 e. The molecule has 4 nitrogen and oxygen atoms in total. The Labute approximate surface area is 112 Å². The maximum atomic E-state index is 9.80. The van der Waals surface area contributed by atoms with Crippen molar-refractivity contribution in [2.45, 2.75) is 26.2 Å². The van der Waals surface area contributed by atoms with Crippen LogP contribution in [0.25, 0.3) is 12.2 Å². The summed E-state index contributed by atoms with van der Waals surface area (Å²) < 4.78 is 0. The van der Waals surface area contributed by atoms with E-state index in [1.54, 1.807) is 12.4 Å². The van der Waals surface area contributed by atoms with E-state index in [9.17, 15) is 5.11 Å². The van der Waals surface area contributed by atoms with E-state index >= 15 is 0 Å². The fraction of sp³-hybridized carbons (Fsp3) is 0.267. The number of hydrogen-bond donors (Lipinski definition) is 1. The Morgan fingerprint density at radius 3 is 2.58 bits per heavy atom. The highest BCUT2D eigenvalue weighted by atomic mass is 16.3. The topological polar surface area (TPSA) is 58.9 Å². The van der Waals surface area contributed by atoms with Crippen LogP contribution in [0.3, 0.4) is 0 Å². The quantitative estimate of drug-likeness (QED) is 0.896. The molecule has 1 N–H and O–H groups in total. The summed E-state index contributed by atoms with van der Waals surface area (Å²) in [6.45, 7) is 6.01. The van der Waals surface area contributed by atoms with Crippen LogP contribution >= 0.6 is 0 Å². The first-order valence-electron chi connectivity index (χ1n) is 6.11. The predicted molar refractivity (Wildman–Crippen MR) is 75.6 cm³/mol. The summed E-state index contributed by atoms with van der Waals surface area (Å²) in [5.41, 5.74) is 1.41. The number of hydrogen-bond acceptors (Lipinski definition) is 4. The van der Waals surface area contributed by atoms with E-state index in [1.807, 2.05) is 45.1 Å². The van der Waals surface area contributed by atoms with Crippen molar-refractivity contribution in [3.05, 3.63) is 47.8 Å². The number of aromatic nitrogens is 3. The lowest BCUT2D eigenvalue weighted by atomic mass is 9.91. The minimum Gasteiger partial charge on any atom is -0.504 e. The van der Waals surface area contributed by atoms with Crippen LogP contribution in [0.15, 0.2) is 30.7 Å². The molecule has 0 aromatic carbocycles. The van der Waals surface area contributed by atoms with Crippen LogP contribution in [0.4, 0.5) is 0 Å². The van der Waals surface area contributed by atoms with E-state index in [1.165, 1.54) is 6.20 Å². The minimum atomic E-state index is -0.218. The second kappa shape index (κ2) is 5.18. The molecule has 0 unspecified atom stereocenters. The summed E-state index contributed by atoms with van der Waals surface area (Å²) >= 11 is 0. The number of pyridine rings is 1. The van der Waals surface area contributed by atoms with Crippen LogP contribution in [0.5, 0.6) is 5.75 Å². The van der Waals surface area contributed by atoms with Crippen LogP contribution < -0.4 is 0 Å². The van der Waals surface area contributed by atoms with E-state index < -0.39 is 0 Å². The van der Waals surface area contributed by atoms with Gasteiger partial charge in [0.2, 0.25) is 0 Å². The van der Waals surface area contributed by atoms with Gasteiger partial charge in [0, 0.05) is 17.8 Å². The monoisotopic (exact) mass is 255 g/mol. The molecule has 2 rings (SSSR count). The normalized spacial score (nSPS) is 11.9. The summed E-state index contributed by atoms with van der Waals surface area (Å²) in [6, 6.07) is 3.83. The zero-order chi connectivity index (χ0) is 13.9. The average molecular weight is 255 g/mol. The molecule has 98 valence electrons. The largest absolute Gasteiger partial charge is 0.504 e. The van der Waals surface area contributed by atoms with E-state index in [-0.39, 0.29) is 11.2 Å². The summed E-state index contributed by atoms with van der Waals surface area (Å²) in [6.07, 6.45) is 8.64. The van der Waals surface area contributed by atoms with E-state index in [0.29, 0.717) is 11.5 Å². The van der Waals surface area contributed by atoms with Crippen molar-refractivity contribution >= 4 is 12.2 Å². The molecule has 0 spiro atoms. The molecule has 0 saturated heterocycles. The van der Waals surface area contributed by atoms with Gasteiger partial charge in [0.15, 0.2) is 11.6 Å². The molecule has 2 aromatic heterocycles. The van der Waals surface area contributed by atoms with Gasteiger partial charge in [-0.25, -0.2) is 9.97 Å². The lowest BCUT2D eigenvalue weighted by Gasteiger charge is -2.18. The standard InChI is InChI=1S/C15H17N3O/c1-15(2,3)14-12(19)10-17-13(18-14)7-6-11-5-4-8-16-9-11/h4-10,19H,1-3H3. The molecule has 0 fully saturated rings. The van der Waals surface area contributed by atoms with Gasteiger partial charge in [-0.2, -0.15) is 0 Å². The molecule has 19 heavy (non-hydrogen) atoms. The van der Waals surface area contributed by atoms with Crippen molar-refractivity contribution in [3.8, 4) is 5.75 Å². The van der Waals surface area contributed by atoms with Gasteiger partial charge in [-0.05, 0) is 23.8 Å². The first kappa shape index (κ1) is 13.2. The highest BCUT2D eigenvalue weighted by Crippen LogP contribution is 2.27. The van der Waals surface area contributed by atoms with E-state index in [0.717, 1.165) is 5.56 Å². The molecule has 0 aliphatic carbocycles. The van der Waals surface area contributed by atoms with Crippen molar-refractivity contribution in [2.75, 3.05) is 0 Å². The Morgan fingerprint density at radius 2 is 1.95 bits per heavy atom. The van der Waals surface area contributed by atoms with Gasteiger partial charge in [0.1, 0.15) is 0 Å².